The number of sulfone groups is 1. The van der Waals surface area contributed by atoms with Crippen LogP contribution in [-0.2, 0) is 56.4 Å². The molecular formula is C47H64BrN11O11S5. The number of hydrogen-bond acceptors (Lipinski definition) is 22. The van der Waals surface area contributed by atoms with E-state index in [1.54, 1.807) is 35.9 Å². The number of hydrogen-bond donors (Lipinski definition) is 0. The molecule has 410 valence electrons. The number of halogens is 1. The summed E-state index contributed by atoms with van der Waals surface area (Å²) in [4.78, 5) is 49.1. The van der Waals surface area contributed by atoms with Crippen LogP contribution >= 0.6 is 38.6 Å². The van der Waals surface area contributed by atoms with Gasteiger partial charge in [0, 0.05) is 116 Å². The third-order valence-electron chi connectivity index (χ3n) is 12.2. The van der Waals surface area contributed by atoms with E-state index >= 15 is 0 Å². The Balaban J connectivity index is 0.000000242. The molecule has 0 N–H and O–H groups in total. The van der Waals surface area contributed by atoms with Crippen LogP contribution in [0.25, 0.3) is 42.9 Å². The van der Waals surface area contributed by atoms with Crippen LogP contribution in [0.4, 0.5) is 17.6 Å². The SMILES string of the molecule is C.C.COc1ncc(-c2nc(N3CCOCC3)nc3c(Br)c(C)sc23)cc1N(C(C)=O)S(C)(=O)=O.COc1ncc(-c2nc(N3CCOCC3)nc3c(CN4CCN(S(C)(=O)=O)CC4)c(C)sc23)cc1CS(C)(=O)=O. The summed E-state index contributed by atoms with van der Waals surface area (Å²) in [5.41, 5.74) is 5.70. The van der Waals surface area contributed by atoms with E-state index in [0.29, 0.717) is 130 Å². The highest BCUT2D eigenvalue weighted by atomic mass is 79.9. The third-order valence-corrected chi connectivity index (χ3v) is 18.9. The maximum absolute atomic E-state index is 12.4. The predicted molar refractivity (Wildman–Crippen MR) is 299 cm³/mol. The summed E-state index contributed by atoms with van der Waals surface area (Å²) >= 11 is 6.75. The third kappa shape index (κ3) is 13.5. The van der Waals surface area contributed by atoms with Gasteiger partial charge in [-0.2, -0.15) is 4.31 Å². The van der Waals surface area contributed by atoms with Crippen LogP contribution in [0, 0.1) is 13.8 Å². The topological polar surface area (TPSA) is 250 Å². The van der Waals surface area contributed by atoms with Gasteiger partial charge in [-0.3, -0.25) is 9.69 Å². The molecule has 0 spiro atoms. The van der Waals surface area contributed by atoms with E-state index in [0.717, 1.165) is 46.5 Å². The molecule has 0 bridgehead atoms. The minimum absolute atomic E-state index is 0. The lowest BCUT2D eigenvalue weighted by Gasteiger charge is -2.33. The number of methoxy groups -OCH3 is 2. The van der Waals surface area contributed by atoms with Crippen LogP contribution < -0.4 is 23.6 Å². The van der Waals surface area contributed by atoms with Crippen molar-refractivity contribution in [2.75, 3.05) is 126 Å². The molecule has 0 saturated carbocycles. The average molecular weight is 1200 g/mol. The monoisotopic (exact) mass is 1200 g/mol. The van der Waals surface area contributed by atoms with Crippen molar-refractivity contribution in [1.82, 2.24) is 39.1 Å². The van der Waals surface area contributed by atoms with Gasteiger partial charge in [0.15, 0.2) is 9.84 Å². The fraction of sp³-hybridized carbons (Fsp3) is 0.511. The number of pyridine rings is 2. The molecule has 1 amide bonds. The Labute approximate surface area is 455 Å². The summed E-state index contributed by atoms with van der Waals surface area (Å²) < 4.78 is 99.4. The quantitative estimate of drug-likeness (QED) is 0.133. The van der Waals surface area contributed by atoms with Crippen LogP contribution in [0.2, 0.25) is 0 Å². The average Bonchev–Trinajstić information content (AvgIpc) is 3.82. The van der Waals surface area contributed by atoms with Crippen molar-refractivity contribution in [1.29, 1.82) is 0 Å². The number of aromatic nitrogens is 6. The summed E-state index contributed by atoms with van der Waals surface area (Å²) in [5, 5.41) is 0. The molecule has 0 atom stereocenters. The number of sulfonamides is 2. The number of carbonyl (C=O) groups excluding carboxylic acids is 1. The number of carbonyl (C=O) groups is 1. The second-order valence-electron chi connectivity index (χ2n) is 17.6. The number of anilines is 3. The molecule has 6 aromatic rings. The summed E-state index contributed by atoms with van der Waals surface area (Å²) in [7, 11) is -7.62. The van der Waals surface area contributed by atoms with Crippen molar-refractivity contribution in [3.05, 3.63) is 49.9 Å². The van der Waals surface area contributed by atoms with Gasteiger partial charge in [0.25, 0.3) is 0 Å². The van der Waals surface area contributed by atoms with E-state index in [1.807, 2.05) is 11.8 Å². The number of aryl methyl sites for hydroxylation is 2. The van der Waals surface area contributed by atoms with Crippen molar-refractivity contribution < 1.29 is 49.0 Å². The van der Waals surface area contributed by atoms with Crippen molar-refractivity contribution in [2.45, 2.75) is 47.9 Å². The zero-order chi connectivity index (χ0) is 52.6. The largest absolute Gasteiger partial charge is 0.481 e. The molecule has 0 aliphatic carbocycles. The molecule has 75 heavy (non-hydrogen) atoms. The molecule has 22 nitrogen and oxygen atoms in total. The van der Waals surface area contributed by atoms with Gasteiger partial charge in [-0.25, -0.2) is 59.5 Å². The molecule has 3 aliphatic heterocycles. The highest BCUT2D eigenvalue weighted by molar-refractivity contribution is 9.10. The van der Waals surface area contributed by atoms with Gasteiger partial charge >= 0.3 is 0 Å². The summed E-state index contributed by atoms with van der Waals surface area (Å²) in [6, 6.07) is 3.35. The Morgan fingerprint density at radius 3 is 1.69 bits per heavy atom. The zero-order valence-electron chi connectivity index (χ0n) is 41.5. The van der Waals surface area contributed by atoms with Gasteiger partial charge in [0.2, 0.25) is 49.6 Å². The Bertz CT molecular complexity index is 3400. The molecule has 3 aliphatic rings. The lowest BCUT2D eigenvalue weighted by atomic mass is 10.1. The van der Waals surface area contributed by atoms with Crippen molar-refractivity contribution in [2.24, 2.45) is 0 Å². The van der Waals surface area contributed by atoms with Gasteiger partial charge in [0.05, 0.1) is 89.7 Å². The van der Waals surface area contributed by atoms with Crippen LogP contribution in [0.3, 0.4) is 0 Å². The maximum Gasteiger partial charge on any atom is 0.238 e. The molecule has 6 aromatic heterocycles. The van der Waals surface area contributed by atoms with E-state index in [-0.39, 0.29) is 38.1 Å². The Morgan fingerprint density at radius 2 is 1.20 bits per heavy atom. The van der Waals surface area contributed by atoms with Crippen molar-refractivity contribution >= 4 is 112 Å². The Morgan fingerprint density at radius 1 is 0.707 bits per heavy atom. The van der Waals surface area contributed by atoms with Gasteiger partial charge in [-0.15, -0.1) is 22.7 Å². The molecule has 3 saturated heterocycles. The maximum atomic E-state index is 12.4. The second kappa shape index (κ2) is 24.3. The van der Waals surface area contributed by atoms with Crippen LogP contribution in [0.5, 0.6) is 11.8 Å². The van der Waals surface area contributed by atoms with E-state index in [4.69, 9.17) is 38.9 Å². The minimum atomic E-state index is -3.92. The van der Waals surface area contributed by atoms with Gasteiger partial charge in [0.1, 0.15) is 11.2 Å². The number of rotatable bonds is 13. The van der Waals surface area contributed by atoms with Gasteiger partial charge in [-0.05, 0) is 41.9 Å². The predicted octanol–water partition coefficient (Wildman–Crippen LogP) is 5.78. The highest BCUT2D eigenvalue weighted by Crippen LogP contribution is 2.43. The summed E-state index contributed by atoms with van der Waals surface area (Å²) in [6.45, 7) is 13.0. The molecule has 0 unspecified atom stereocenters. The van der Waals surface area contributed by atoms with E-state index in [1.165, 1.54) is 49.3 Å². The molecule has 9 rings (SSSR count). The number of nitrogens with zero attached hydrogens (tertiary/aromatic N) is 11. The number of morpholine rings is 2. The van der Waals surface area contributed by atoms with Crippen molar-refractivity contribution in [3.63, 3.8) is 0 Å². The Hall–Kier alpha value is -4.78. The summed E-state index contributed by atoms with van der Waals surface area (Å²) in [6.07, 6.45) is 6.61. The number of fused-ring (bicyclic) bond motifs is 2. The van der Waals surface area contributed by atoms with Gasteiger partial charge < -0.3 is 28.7 Å². The number of ether oxygens (including phenoxy) is 4. The van der Waals surface area contributed by atoms with Crippen molar-refractivity contribution in [3.8, 4) is 34.3 Å². The van der Waals surface area contributed by atoms with E-state index in [9.17, 15) is 30.0 Å². The van der Waals surface area contributed by atoms with E-state index < -0.39 is 35.8 Å². The van der Waals surface area contributed by atoms with Crippen LogP contribution in [0.15, 0.2) is 29.0 Å². The first-order valence-corrected chi connectivity index (χ1v) is 31.1. The first-order valence-electron chi connectivity index (χ1n) is 22.9. The first-order chi connectivity index (χ1) is 34.5. The lowest BCUT2D eigenvalue weighted by Crippen LogP contribution is -2.47. The molecular weight excluding hydrogens is 1130 g/mol. The highest BCUT2D eigenvalue weighted by Gasteiger charge is 2.30. The standard InChI is InChI=1S/C25H34N6O6S3.C20H22BrN5O5S2.2CH4/c1-17-20(15-29-5-7-31(8-6-29)40(4,34)35)22-23(38-17)21(27-25(28-22)30-9-11-37-12-10-30)18-13-19(16-39(3,32)33)24(36-2)26-14-18;1-11-15(21)17-18(32-11)16(23-20(24-17)25-5-7-31-8-6-25)13-9-14(19(30-3)22-10-13)26(12(2)27)33(4,28)29;;/h13-14H,5-12,15-16H2,1-4H3;9-10H,5-8H2,1-4H3;2*1H4. The fourth-order valence-electron chi connectivity index (χ4n) is 8.65. The Kier molecular flexibility index (Phi) is 19.2. The van der Waals surface area contributed by atoms with Crippen LogP contribution in [-0.4, -0.2) is 182 Å². The minimum Gasteiger partial charge on any atom is -0.481 e. The molecule has 0 radical (unpaired) electrons. The molecule has 3 fully saturated rings. The number of piperazine rings is 1. The molecule has 0 aromatic carbocycles. The molecule has 28 heteroatoms. The number of amides is 1. The summed E-state index contributed by atoms with van der Waals surface area (Å²) in [5.74, 6) is 0.544. The zero-order valence-corrected chi connectivity index (χ0v) is 47.2. The van der Waals surface area contributed by atoms with Gasteiger partial charge in [-0.1, -0.05) is 14.9 Å². The number of thiophene rings is 2. The normalized spacial score (nSPS) is 16.0. The van der Waals surface area contributed by atoms with E-state index in [2.05, 4.69) is 42.6 Å². The van der Waals surface area contributed by atoms with Crippen LogP contribution in [0.1, 0.15) is 42.7 Å². The fourth-order valence-corrected chi connectivity index (χ4v) is 14.0. The molecule has 9 heterocycles. The first kappa shape index (κ1) is 59.5. The lowest BCUT2D eigenvalue weighted by molar-refractivity contribution is -0.115. The smallest absolute Gasteiger partial charge is 0.238 e. The second-order valence-corrected chi connectivity index (χ2v) is 26.8.